The van der Waals surface area contributed by atoms with Crippen LogP contribution in [-0.4, -0.2) is 39.1 Å². The van der Waals surface area contributed by atoms with Gasteiger partial charge >= 0.3 is 0 Å². The Balaban J connectivity index is 0.00000181. The molecule has 1 aliphatic heterocycles. The first-order chi connectivity index (χ1) is 14.4. The van der Waals surface area contributed by atoms with Crippen molar-refractivity contribution in [2.75, 3.05) is 18.8 Å². The summed E-state index contributed by atoms with van der Waals surface area (Å²) in [6.07, 6.45) is 4.42. The van der Waals surface area contributed by atoms with Gasteiger partial charge in [-0.15, -0.1) is 36.2 Å². The van der Waals surface area contributed by atoms with Gasteiger partial charge in [-0.1, -0.05) is 30.0 Å². The molecule has 2 unspecified atom stereocenters. The molecule has 2 atom stereocenters. The molecule has 1 aromatic heterocycles. The Morgan fingerprint density at radius 1 is 1.28 bits per heavy atom. The predicted octanol–water partition coefficient (Wildman–Crippen LogP) is 5.17. The SMILES string of the molecule is CC(=O)SC1CCN(C(C(=O)C2CC2)c2ccccc2F)C/C1=C\c1csc(N)n1.Cl.Cl. The van der Waals surface area contributed by atoms with E-state index < -0.39 is 6.04 Å². The summed E-state index contributed by atoms with van der Waals surface area (Å²) in [5.41, 5.74) is 7.96. The summed E-state index contributed by atoms with van der Waals surface area (Å²) in [6, 6.07) is 5.94. The second-order valence-electron chi connectivity index (χ2n) is 7.79. The van der Waals surface area contributed by atoms with Crippen LogP contribution in [-0.2, 0) is 9.59 Å². The van der Waals surface area contributed by atoms with Crippen LogP contribution in [0.2, 0.25) is 0 Å². The number of hydrogen-bond donors (Lipinski definition) is 1. The number of carbonyl (C=O) groups excluding carboxylic acids is 2. The maximum absolute atomic E-state index is 14.7. The van der Waals surface area contributed by atoms with Crippen molar-refractivity contribution in [2.24, 2.45) is 5.92 Å². The fourth-order valence-electron chi connectivity index (χ4n) is 3.95. The van der Waals surface area contributed by atoms with E-state index in [9.17, 15) is 14.0 Å². The number of thioether (sulfide) groups is 1. The summed E-state index contributed by atoms with van der Waals surface area (Å²) in [5.74, 6) is -0.241. The first kappa shape index (κ1) is 26.8. The molecule has 2 aliphatic rings. The van der Waals surface area contributed by atoms with Gasteiger partial charge in [-0.3, -0.25) is 14.5 Å². The molecule has 1 saturated heterocycles. The van der Waals surface area contributed by atoms with Crippen LogP contribution >= 0.6 is 47.9 Å². The Bertz CT molecular complexity index is 997. The quantitative estimate of drug-likeness (QED) is 0.569. The highest BCUT2D eigenvalue weighted by Crippen LogP contribution is 2.40. The Labute approximate surface area is 207 Å². The van der Waals surface area contributed by atoms with Crippen LogP contribution in [0.5, 0.6) is 0 Å². The number of anilines is 1. The normalized spacial score (nSPS) is 20.8. The smallest absolute Gasteiger partial charge is 0.186 e. The Morgan fingerprint density at radius 2 is 2.00 bits per heavy atom. The van der Waals surface area contributed by atoms with Gasteiger partial charge in [0.25, 0.3) is 0 Å². The molecule has 0 amide bonds. The lowest BCUT2D eigenvalue weighted by Gasteiger charge is -2.38. The van der Waals surface area contributed by atoms with E-state index in [1.807, 2.05) is 11.5 Å². The monoisotopic (exact) mass is 517 g/mol. The van der Waals surface area contributed by atoms with Crippen LogP contribution < -0.4 is 5.73 Å². The van der Waals surface area contributed by atoms with E-state index in [-0.39, 0.29) is 52.7 Å². The summed E-state index contributed by atoms with van der Waals surface area (Å²) in [4.78, 5) is 31.3. The second kappa shape index (κ2) is 11.6. The number of rotatable bonds is 6. The van der Waals surface area contributed by atoms with Crippen molar-refractivity contribution >= 4 is 70.0 Å². The molecule has 0 radical (unpaired) electrons. The van der Waals surface area contributed by atoms with E-state index in [0.717, 1.165) is 24.1 Å². The number of nitrogens with two attached hydrogens (primary N) is 1. The third kappa shape index (κ3) is 6.32. The molecule has 1 saturated carbocycles. The van der Waals surface area contributed by atoms with Gasteiger partial charge in [-0.2, -0.15) is 0 Å². The highest BCUT2D eigenvalue weighted by Gasteiger charge is 2.41. The number of hydrogen-bond acceptors (Lipinski definition) is 7. The van der Waals surface area contributed by atoms with Crippen LogP contribution in [0, 0.1) is 11.7 Å². The van der Waals surface area contributed by atoms with E-state index in [1.54, 1.807) is 25.1 Å². The van der Waals surface area contributed by atoms with E-state index in [1.165, 1.54) is 29.2 Å². The first-order valence-corrected chi connectivity index (χ1v) is 11.8. The van der Waals surface area contributed by atoms with Crippen molar-refractivity contribution in [1.29, 1.82) is 0 Å². The van der Waals surface area contributed by atoms with Crippen LogP contribution in [0.15, 0.2) is 35.2 Å². The highest BCUT2D eigenvalue weighted by molar-refractivity contribution is 8.14. The lowest BCUT2D eigenvalue weighted by molar-refractivity contribution is -0.126. The van der Waals surface area contributed by atoms with E-state index in [2.05, 4.69) is 9.88 Å². The summed E-state index contributed by atoms with van der Waals surface area (Å²) in [6.45, 7) is 2.67. The number of ketones is 1. The number of thiazole rings is 1. The lowest BCUT2D eigenvalue weighted by atomic mass is 9.93. The minimum atomic E-state index is -0.606. The van der Waals surface area contributed by atoms with Gasteiger partial charge in [0.15, 0.2) is 16.0 Å². The van der Waals surface area contributed by atoms with Gasteiger partial charge in [0.1, 0.15) is 5.82 Å². The largest absolute Gasteiger partial charge is 0.375 e. The van der Waals surface area contributed by atoms with Crippen molar-refractivity contribution in [3.05, 3.63) is 52.3 Å². The van der Waals surface area contributed by atoms with Gasteiger partial charge in [0.2, 0.25) is 0 Å². The topological polar surface area (TPSA) is 76.3 Å². The molecular weight excluding hydrogens is 492 g/mol. The average Bonchev–Trinajstić information content (AvgIpc) is 3.47. The van der Waals surface area contributed by atoms with Crippen molar-refractivity contribution in [1.82, 2.24) is 9.88 Å². The Morgan fingerprint density at radius 3 is 2.59 bits per heavy atom. The van der Waals surface area contributed by atoms with Gasteiger partial charge in [0.05, 0.1) is 11.7 Å². The second-order valence-corrected chi connectivity index (χ2v) is 10.1. The van der Waals surface area contributed by atoms with Crippen molar-refractivity contribution < 1.29 is 14.0 Å². The third-order valence-corrected chi connectivity index (χ3v) is 7.32. The molecule has 0 bridgehead atoms. The third-order valence-electron chi connectivity index (χ3n) is 5.47. The number of benzene rings is 1. The van der Waals surface area contributed by atoms with Gasteiger partial charge < -0.3 is 5.73 Å². The molecule has 2 aromatic rings. The molecule has 2 N–H and O–H groups in total. The molecule has 2 fully saturated rings. The number of nitrogen functional groups attached to an aromatic ring is 1. The number of likely N-dealkylation sites (tertiary alicyclic amines) is 1. The van der Waals surface area contributed by atoms with Crippen LogP contribution in [0.1, 0.15) is 43.5 Å². The number of carbonyl (C=O) groups is 2. The molecule has 0 spiro atoms. The van der Waals surface area contributed by atoms with Gasteiger partial charge in [-0.05, 0) is 37.0 Å². The molecule has 1 aromatic carbocycles. The van der Waals surface area contributed by atoms with Crippen LogP contribution in [0.4, 0.5) is 9.52 Å². The average molecular weight is 519 g/mol. The summed E-state index contributed by atoms with van der Waals surface area (Å²) >= 11 is 2.66. The molecule has 2 heterocycles. The molecule has 1 aliphatic carbocycles. The number of piperidine rings is 1. The maximum atomic E-state index is 14.7. The fraction of sp³-hybridized carbons (Fsp3) is 0.409. The molecule has 32 heavy (non-hydrogen) atoms. The Hall–Kier alpha value is -1.45. The van der Waals surface area contributed by atoms with Crippen molar-refractivity contribution in [3.63, 3.8) is 0 Å². The zero-order valence-electron chi connectivity index (χ0n) is 17.5. The van der Waals surface area contributed by atoms with Crippen LogP contribution in [0.25, 0.3) is 6.08 Å². The molecule has 174 valence electrons. The highest BCUT2D eigenvalue weighted by atomic mass is 35.5. The minimum Gasteiger partial charge on any atom is -0.375 e. The summed E-state index contributed by atoms with van der Waals surface area (Å²) < 4.78 is 14.7. The molecule has 10 heteroatoms. The number of aromatic nitrogens is 1. The molecule has 5 nitrogen and oxygen atoms in total. The first-order valence-electron chi connectivity index (χ1n) is 10.0. The van der Waals surface area contributed by atoms with Gasteiger partial charge in [0, 0.05) is 42.1 Å². The number of Topliss-reactive ketones (excluding diaryl/α,β-unsaturated/α-hetero) is 1. The predicted molar refractivity (Wildman–Crippen MR) is 134 cm³/mol. The zero-order chi connectivity index (χ0) is 21.3. The van der Waals surface area contributed by atoms with Crippen molar-refractivity contribution in [2.45, 2.75) is 37.5 Å². The van der Waals surface area contributed by atoms with E-state index in [0.29, 0.717) is 30.2 Å². The summed E-state index contributed by atoms with van der Waals surface area (Å²) in [7, 11) is 0. The molecule has 4 rings (SSSR count). The Kier molecular flexibility index (Phi) is 9.72. The maximum Gasteiger partial charge on any atom is 0.186 e. The number of nitrogens with zero attached hydrogens (tertiary/aromatic N) is 2. The van der Waals surface area contributed by atoms with Crippen LogP contribution in [0.3, 0.4) is 0 Å². The van der Waals surface area contributed by atoms with Gasteiger partial charge in [-0.25, -0.2) is 9.37 Å². The standard InChI is InChI=1S/C22H24FN3O2S2.2ClH/c1-13(27)30-19-8-9-26(11-15(19)10-16-12-29-22(24)25-16)20(21(28)14-6-7-14)17-4-2-3-5-18(17)23;;/h2-5,10,12,14,19-20H,6-9,11H2,1H3,(H2,24,25);2*1H/b15-10+;;. The lowest BCUT2D eigenvalue weighted by Crippen LogP contribution is -2.43. The van der Waals surface area contributed by atoms with E-state index >= 15 is 0 Å². The minimum absolute atomic E-state index is 0. The van der Waals surface area contributed by atoms with Crippen molar-refractivity contribution in [3.8, 4) is 0 Å². The zero-order valence-corrected chi connectivity index (χ0v) is 20.8. The number of halogens is 3. The molecular formula is C22H26Cl2FN3O2S2. The fourth-order valence-corrected chi connectivity index (χ4v) is 5.39. The summed E-state index contributed by atoms with van der Waals surface area (Å²) in [5, 5.41) is 2.43. The van der Waals surface area contributed by atoms with E-state index in [4.69, 9.17) is 5.73 Å².